The quantitative estimate of drug-likeness (QED) is 0.209. The standard InChI is InChI=1S/C37H21NOS/c1-2-8-22(9-3-1)37-28-17-19-32-36(27-11-4-6-12-31(27)39-32)35(28)29-20-23(15-18-30(29)38-37)24-14-16-26-25-10-5-7-13-33(25)40-34(26)21-24/h1-21H. The Morgan fingerprint density at radius 1 is 0.450 bits per heavy atom. The Hall–Kier alpha value is -4.99. The van der Waals surface area contributed by atoms with E-state index in [2.05, 4.69) is 109 Å². The van der Waals surface area contributed by atoms with E-state index in [0.29, 0.717) is 0 Å². The first-order chi connectivity index (χ1) is 19.8. The van der Waals surface area contributed by atoms with Crippen molar-refractivity contribution in [2.24, 2.45) is 0 Å². The second-order valence-electron chi connectivity index (χ2n) is 10.3. The zero-order valence-electron chi connectivity index (χ0n) is 21.4. The highest BCUT2D eigenvalue weighted by Gasteiger charge is 2.18. The van der Waals surface area contributed by atoms with Gasteiger partial charge in [0.15, 0.2) is 0 Å². The van der Waals surface area contributed by atoms with Crippen molar-refractivity contribution in [1.29, 1.82) is 0 Å². The topological polar surface area (TPSA) is 26.0 Å². The predicted octanol–water partition coefficient (Wildman–Crippen LogP) is 11.0. The minimum atomic E-state index is 0.900. The highest BCUT2D eigenvalue weighted by atomic mass is 32.1. The van der Waals surface area contributed by atoms with Crippen LogP contribution in [0.3, 0.4) is 0 Å². The van der Waals surface area contributed by atoms with Crippen LogP contribution in [0.1, 0.15) is 0 Å². The lowest BCUT2D eigenvalue weighted by atomic mass is 9.94. The summed E-state index contributed by atoms with van der Waals surface area (Å²) < 4.78 is 8.96. The first-order valence-corrected chi connectivity index (χ1v) is 14.3. The van der Waals surface area contributed by atoms with Crippen LogP contribution in [-0.4, -0.2) is 4.98 Å². The van der Waals surface area contributed by atoms with Crippen LogP contribution in [0.2, 0.25) is 0 Å². The molecular formula is C37H21NOS. The van der Waals surface area contributed by atoms with Crippen molar-refractivity contribution < 1.29 is 4.42 Å². The zero-order valence-corrected chi connectivity index (χ0v) is 22.2. The number of hydrogen-bond acceptors (Lipinski definition) is 3. The average molecular weight is 528 g/mol. The van der Waals surface area contributed by atoms with Crippen molar-refractivity contribution in [3.05, 3.63) is 127 Å². The summed E-state index contributed by atoms with van der Waals surface area (Å²) in [4.78, 5) is 5.23. The van der Waals surface area contributed by atoms with Crippen LogP contribution < -0.4 is 0 Å². The van der Waals surface area contributed by atoms with E-state index in [4.69, 9.17) is 9.40 Å². The lowest BCUT2D eigenvalue weighted by Gasteiger charge is -2.13. The fourth-order valence-corrected chi connectivity index (χ4v) is 7.35. The summed E-state index contributed by atoms with van der Waals surface area (Å²) in [6.45, 7) is 0. The van der Waals surface area contributed by atoms with E-state index in [0.717, 1.165) is 49.5 Å². The number of para-hydroxylation sites is 1. The monoisotopic (exact) mass is 527 g/mol. The van der Waals surface area contributed by atoms with Crippen molar-refractivity contribution in [2.45, 2.75) is 0 Å². The fourth-order valence-electron chi connectivity index (χ4n) is 6.21. The van der Waals surface area contributed by atoms with Gasteiger partial charge in [0.2, 0.25) is 0 Å². The molecule has 40 heavy (non-hydrogen) atoms. The number of benzene rings is 6. The lowest BCUT2D eigenvalue weighted by Crippen LogP contribution is -1.91. The molecule has 9 rings (SSSR count). The molecule has 3 heteroatoms. The van der Waals surface area contributed by atoms with E-state index >= 15 is 0 Å². The minimum Gasteiger partial charge on any atom is -0.456 e. The van der Waals surface area contributed by atoms with Crippen molar-refractivity contribution >= 4 is 75.1 Å². The minimum absolute atomic E-state index is 0.900. The molecule has 0 aliphatic carbocycles. The second-order valence-corrected chi connectivity index (χ2v) is 11.4. The SMILES string of the molecule is c1ccc(-c2nc3ccc(-c4ccc5c(c4)sc4ccccc45)cc3c3c2ccc2oc4ccccc4c23)cc1. The third-order valence-corrected chi connectivity index (χ3v) is 9.19. The lowest BCUT2D eigenvalue weighted by molar-refractivity contribution is 0.669. The van der Waals surface area contributed by atoms with Crippen LogP contribution in [0.15, 0.2) is 132 Å². The number of thiophene rings is 1. The molecule has 2 nitrogen and oxygen atoms in total. The molecule has 186 valence electrons. The van der Waals surface area contributed by atoms with Crippen LogP contribution in [0.25, 0.3) is 86.2 Å². The van der Waals surface area contributed by atoms with E-state index in [1.165, 1.54) is 36.7 Å². The molecule has 0 aliphatic heterocycles. The zero-order chi connectivity index (χ0) is 26.2. The highest BCUT2D eigenvalue weighted by molar-refractivity contribution is 7.25. The molecule has 0 saturated carbocycles. The summed E-state index contributed by atoms with van der Waals surface area (Å²) in [6, 6.07) is 45.3. The van der Waals surface area contributed by atoms with Gasteiger partial charge in [-0.3, -0.25) is 0 Å². The third kappa shape index (κ3) is 3.13. The van der Waals surface area contributed by atoms with Gasteiger partial charge in [0.25, 0.3) is 0 Å². The summed E-state index contributed by atoms with van der Waals surface area (Å²) in [7, 11) is 0. The number of fused-ring (bicyclic) bond motifs is 10. The number of pyridine rings is 1. The number of rotatable bonds is 2. The molecule has 0 N–H and O–H groups in total. The van der Waals surface area contributed by atoms with E-state index in [9.17, 15) is 0 Å². The largest absolute Gasteiger partial charge is 0.456 e. The van der Waals surface area contributed by atoms with Gasteiger partial charge >= 0.3 is 0 Å². The molecule has 0 unspecified atom stereocenters. The van der Waals surface area contributed by atoms with Gasteiger partial charge in [-0.1, -0.05) is 84.9 Å². The number of furan rings is 1. The second kappa shape index (κ2) is 8.25. The molecule has 3 aromatic heterocycles. The molecule has 6 aromatic carbocycles. The molecular weight excluding hydrogens is 506 g/mol. The summed E-state index contributed by atoms with van der Waals surface area (Å²) in [5, 5.41) is 8.38. The van der Waals surface area contributed by atoms with Crippen molar-refractivity contribution in [3.8, 4) is 22.4 Å². The number of hydrogen-bond donors (Lipinski definition) is 0. The molecule has 3 heterocycles. The predicted molar refractivity (Wildman–Crippen MR) is 170 cm³/mol. The molecule has 0 saturated heterocycles. The summed E-state index contributed by atoms with van der Waals surface area (Å²) in [6.07, 6.45) is 0. The van der Waals surface area contributed by atoms with Crippen LogP contribution >= 0.6 is 11.3 Å². The summed E-state index contributed by atoms with van der Waals surface area (Å²) >= 11 is 1.86. The van der Waals surface area contributed by atoms with Gasteiger partial charge in [0.1, 0.15) is 11.2 Å². The van der Waals surface area contributed by atoms with E-state index in [-0.39, 0.29) is 0 Å². The Kier molecular flexibility index (Phi) is 4.52. The smallest absolute Gasteiger partial charge is 0.136 e. The Bertz CT molecular complexity index is 2430. The maximum Gasteiger partial charge on any atom is 0.136 e. The molecule has 0 radical (unpaired) electrons. The third-order valence-electron chi connectivity index (χ3n) is 8.06. The Labute approximate surface area is 233 Å². The molecule has 0 atom stereocenters. The Morgan fingerprint density at radius 2 is 1.18 bits per heavy atom. The summed E-state index contributed by atoms with van der Waals surface area (Å²) in [5.41, 5.74) is 7.30. The van der Waals surface area contributed by atoms with E-state index in [1.54, 1.807) is 0 Å². The first-order valence-electron chi connectivity index (χ1n) is 13.5. The molecule has 0 aliphatic rings. The Balaban J connectivity index is 1.38. The summed E-state index contributed by atoms with van der Waals surface area (Å²) in [5.74, 6) is 0. The number of aromatic nitrogens is 1. The van der Waals surface area contributed by atoms with Gasteiger partial charge in [-0.05, 0) is 53.6 Å². The highest BCUT2D eigenvalue weighted by Crippen LogP contribution is 2.42. The molecule has 0 spiro atoms. The molecule has 0 fully saturated rings. The molecule has 0 bridgehead atoms. The maximum atomic E-state index is 6.33. The normalized spacial score (nSPS) is 12.0. The van der Waals surface area contributed by atoms with Gasteiger partial charge in [-0.2, -0.15) is 0 Å². The molecule has 9 aromatic rings. The number of nitrogens with zero attached hydrogens (tertiary/aromatic N) is 1. The van der Waals surface area contributed by atoms with Crippen molar-refractivity contribution in [2.75, 3.05) is 0 Å². The van der Waals surface area contributed by atoms with Crippen LogP contribution in [-0.2, 0) is 0 Å². The van der Waals surface area contributed by atoms with Gasteiger partial charge in [-0.15, -0.1) is 11.3 Å². The van der Waals surface area contributed by atoms with Gasteiger partial charge in [0.05, 0.1) is 11.2 Å². The van der Waals surface area contributed by atoms with Gasteiger partial charge < -0.3 is 4.42 Å². The van der Waals surface area contributed by atoms with Crippen LogP contribution in [0, 0.1) is 0 Å². The van der Waals surface area contributed by atoms with Gasteiger partial charge in [0, 0.05) is 52.7 Å². The molecule has 0 amide bonds. The maximum absolute atomic E-state index is 6.33. The van der Waals surface area contributed by atoms with E-state index < -0.39 is 0 Å². The van der Waals surface area contributed by atoms with Crippen molar-refractivity contribution in [1.82, 2.24) is 4.98 Å². The van der Waals surface area contributed by atoms with Crippen molar-refractivity contribution in [3.63, 3.8) is 0 Å². The van der Waals surface area contributed by atoms with Crippen LogP contribution in [0.4, 0.5) is 0 Å². The Morgan fingerprint density at radius 3 is 2.10 bits per heavy atom. The first kappa shape index (κ1) is 21.9. The van der Waals surface area contributed by atoms with E-state index in [1.807, 2.05) is 29.5 Å². The fraction of sp³-hybridized carbons (Fsp3) is 0. The average Bonchev–Trinajstić information content (AvgIpc) is 3.58. The van der Waals surface area contributed by atoms with Gasteiger partial charge in [-0.25, -0.2) is 4.98 Å². The van der Waals surface area contributed by atoms with Crippen LogP contribution in [0.5, 0.6) is 0 Å².